The summed E-state index contributed by atoms with van der Waals surface area (Å²) >= 11 is 0. The van der Waals surface area contributed by atoms with Crippen molar-refractivity contribution < 1.29 is 18.1 Å². The van der Waals surface area contributed by atoms with Gasteiger partial charge in [-0.2, -0.15) is 4.98 Å². The summed E-state index contributed by atoms with van der Waals surface area (Å²) < 4.78 is 31.0. The van der Waals surface area contributed by atoms with Gasteiger partial charge in [0.05, 0.1) is 6.42 Å². The second kappa shape index (κ2) is 6.36. The number of hydrogen-bond acceptors (Lipinski definition) is 4. The molecule has 0 amide bonds. The van der Waals surface area contributed by atoms with E-state index in [1.807, 2.05) is 6.92 Å². The van der Waals surface area contributed by atoms with Crippen LogP contribution in [-0.4, -0.2) is 15.9 Å². The SMILES string of the molecule is CCCC(=O)Cc1nc(Cc2cc(F)cc(F)c2)no1. The Kier molecular flexibility index (Phi) is 4.55. The lowest BCUT2D eigenvalue weighted by Crippen LogP contribution is -2.02. The molecule has 1 aromatic heterocycles. The van der Waals surface area contributed by atoms with Gasteiger partial charge in [-0.05, 0) is 24.1 Å². The lowest BCUT2D eigenvalue weighted by atomic mass is 10.1. The van der Waals surface area contributed by atoms with Crippen molar-refractivity contribution in [3.63, 3.8) is 0 Å². The fraction of sp³-hybridized carbons (Fsp3) is 0.357. The highest BCUT2D eigenvalue weighted by atomic mass is 19.1. The third-order valence-electron chi connectivity index (χ3n) is 2.67. The molecule has 0 radical (unpaired) electrons. The van der Waals surface area contributed by atoms with Gasteiger partial charge in [-0.15, -0.1) is 0 Å². The Morgan fingerprint density at radius 2 is 1.95 bits per heavy atom. The van der Waals surface area contributed by atoms with Crippen LogP contribution in [0.4, 0.5) is 8.78 Å². The summed E-state index contributed by atoms with van der Waals surface area (Å²) in [5.74, 6) is -0.743. The minimum atomic E-state index is -0.651. The molecule has 0 bridgehead atoms. The fourth-order valence-corrected chi connectivity index (χ4v) is 1.87. The van der Waals surface area contributed by atoms with Crippen molar-refractivity contribution in [2.45, 2.75) is 32.6 Å². The second-order valence-corrected chi connectivity index (χ2v) is 4.52. The molecule has 0 unspecified atom stereocenters. The van der Waals surface area contributed by atoms with Crippen molar-refractivity contribution in [2.75, 3.05) is 0 Å². The Morgan fingerprint density at radius 3 is 2.60 bits per heavy atom. The molecule has 2 aromatic rings. The number of rotatable bonds is 6. The topological polar surface area (TPSA) is 56.0 Å². The molecular formula is C14H14F2N2O2. The third-order valence-corrected chi connectivity index (χ3v) is 2.67. The van der Waals surface area contributed by atoms with Crippen LogP contribution in [0.15, 0.2) is 22.7 Å². The molecule has 1 aromatic carbocycles. The normalized spacial score (nSPS) is 10.8. The van der Waals surface area contributed by atoms with Crippen LogP contribution >= 0.6 is 0 Å². The molecule has 0 aliphatic rings. The lowest BCUT2D eigenvalue weighted by molar-refractivity contribution is -0.118. The van der Waals surface area contributed by atoms with Gasteiger partial charge in [0.2, 0.25) is 5.89 Å². The first-order chi connectivity index (χ1) is 9.56. The van der Waals surface area contributed by atoms with Crippen LogP contribution in [0, 0.1) is 11.6 Å². The lowest BCUT2D eigenvalue weighted by Gasteiger charge is -1.97. The number of carbonyl (C=O) groups is 1. The number of nitrogens with zero attached hydrogens (tertiary/aromatic N) is 2. The molecule has 0 saturated heterocycles. The highest BCUT2D eigenvalue weighted by Crippen LogP contribution is 2.12. The number of carbonyl (C=O) groups excluding carboxylic acids is 1. The first-order valence-corrected chi connectivity index (χ1v) is 6.35. The summed E-state index contributed by atoms with van der Waals surface area (Å²) in [4.78, 5) is 15.5. The summed E-state index contributed by atoms with van der Waals surface area (Å²) in [5, 5.41) is 3.70. The molecule has 106 valence electrons. The van der Waals surface area contributed by atoms with Gasteiger partial charge in [0.1, 0.15) is 17.4 Å². The molecule has 0 spiro atoms. The zero-order valence-corrected chi connectivity index (χ0v) is 11.0. The maximum absolute atomic E-state index is 13.0. The molecule has 1 heterocycles. The Balaban J connectivity index is 2.03. The van der Waals surface area contributed by atoms with Gasteiger partial charge < -0.3 is 4.52 Å². The van der Waals surface area contributed by atoms with E-state index in [4.69, 9.17) is 4.52 Å². The van der Waals surface area contributed by atoms with Crippen LogP contribution in [0.25, 0.3) is 0 Å². The number of hydrogen-bond donors (Lipinski definition) is 0. The van der Waals surface area contributed by atoms with E-state index in [2.05, 4.69) is 10.1 Å². The molecule has 0 aliphatic carbocycles. The minimum Gasteiger partial charge on any atom is -0.339 e. The van der Waals surface area contributed by atoms with E-state index < -0.39 is 11.6 Å². The van der Waals surface area contributed by atoms with E-state index in [1.165, 1.54) is 12.1 Å². The van der Waals surface area contributed by atoms with Crippen LogP contribution in [0.2, 0.25) is 0 Å². The minimum absolute atomic E-state index is 0.0273. The molecular weight excluding hydrogens is 266 g/mol. The zero-order chi connectivity index (χ0) is 14.5. The van der Waals surface area contributed by atoms with Gasteiger partial charge in [-0.1, -0.05) is 12.1 Å². The van der Waals surface area contributed by atoms with E-state index >= 15 is 0 Å². The molecule has 0 fully saturated rings. The van der Waals surface area contributed by atoms with Gasteiger partial charge in [-0.3, -0.25) is 4.79 Å². The fourth-order valence-electron chi connectivity index (χ4n) is 1.87. The maximum Gasteiger partial charge on any atom is 0.234 e. The van der Waals surface area contributed by atoms with Crippen molar-refractivity contribution in [2.24, 2.45) is 0 Å². The highest BCUT2D eigenvalue weighted by Gasteiger charge is 2.12. The summed E-state index contributed by atoms with van der Waals surface area (Å²) in [7, 11) is 0. The van der Waals surface area contributed by atoms with Crippen molar-refractivity contribution in [1.29, 1.82) is 0 Å². The Bertz CT molecular complexity index is 591. The average molecular weight is 280 g/mol. The molecule has 0 aliphatic heterocycles. The van der Waals surface area contributed by atoms with Gasteiger partial charge in [0.25, 0.3) is 0 Å². The van der Waals surface area contributed by atoms with Crippen LogP contribution < -0.4 is 0 Å². The summed E-state index contributed by atoms with van der Waals surface area (Å²) in [6.07, 6.45) is 1.48. The highest BCUT2D eigenvalue weighted by molar-refractivity contribution is 5.79. The maximum atomic E-state index is 13.0. The Labute approximate surface area is 114 Å². The molecule has 20 heavy (non-hydrogen) atoms. The molecule has 0 saturated carbocycles. The van der Waals surface area contributed by atoms with Crippen LogP contribution in [0.5, 0.6) is 0 Å². The number of aromatic nitrogens is 2. The first kappa shape index (κ1) is 14.3. The second-order valence-electron chi connectivity index (χ2n) is 4.52. The van der Waals surface area contributed by atoms with Crippen LogP contribution in [-0.2, 0) is 17.6 Å². The van der Waals surface area contributed by atoms with Crippen molar-refractivity contribution in [3.05, 3.63) is 47.1 Å². The monoisotopic (exact) mass is 280 g/mol. The first-order valence-electron chi connectivity index (χ1n) is 6.35. The average Bonchev–Trinajstić information content (AvgIpc) is 2.75. The number of Topliss-reactive ketones (excluding diaryl/α,β-unsaturated/α-hetero) is 1. The Hall–Kier alpha value is -2.11. The number of ketones is 1. The van der Waals surface area contributed by atoms with E-state index in [-0.39, 0.29) is 24.5 Å². The smallest absolute Gasteiger partial charge is 0.234 e. The number of halogens is 2. The van der Waals surface area contributed by atoms with Gasteiger partial charge in [0.15, 0.2) is 5.82 Å². The Morgan fingerprint density at radius 1 is 1.25 bits per heavy atom. The zero-order valence-electron chi connectivity index (χ0n) is 11.0. The summed E-state index contributed by atoms with van der Waals surface area (Å²) in [5.41, 5.74) is 0.412. The van der Waals surface area contributed by atoms with E-state index in [1.54, 1.807) is 0 Å². The largest absolute Gasteiger partial charge is 0.339 e. The van der Waals surface area contributed by atoms with Crippen LogP contribution in [0.3, 0.4) is 0 Å². The third kappa shape index (κ3) is 3.94. The van der Waals surface area contributed by atoms with Crippen LogP contribution in [0.1, 0.15) is 37.0 Å². The van der Waals surface area contributed by atoms with Crippen molar-refractivity contribution >= 4 is 5.78 Å². The van der Waals surface area contributed by atoms with Gasteiger partial charge in [0, 0.05) is 18.9 Å². The summed E-state index contributed by atoms with van der Waals surface area (Å²) in [6.45, 7) is 1.91. The van der Waals surface area contributed by atoms with E-state index in [9.17, 15) is 13.6 Å². The van der Waals surface area contributed by atoms with E-state index in [0.717, 1.165) is 12.5 Å². The quantitative estimate of drug-likeness (QED) is 0.816. The molecule has 0 N–H and O–H groups in total. The van der Waals surface area contributed by atoms with Gasteiger partial charge in [-0.25, -0.2) is 8.78 Å². The van der Waals surface area contributed by atoms with Crippen molar-refractivity contribution in [3.8, 4) is 0 Å². The predicted molar refractivity (Wildman–Crippen MR) is 67.1 cm³/mol. The summed E-state index contributed by atoms with van der Waals surface area (Å²) in [6, 6.07) is 3.22. The molecule has 6 heteroatoms. The molecule has 0 atom stereocenters. The van der Waals surface area contributed by atoms with Gasteiger partial charge >= 0.3 is 0 Å². The predicted octanol–water partition coefficient (Wildman–Crippen LogP) is 2.85. The number of benzene rings is 1. The van der Waals surface area contributed by atoms with E-state index in [0.29, 0.717) is 17.8 Å². The van der Waals surface area contributed by atoms with Crippen molar-refractivity contribution in [1.82, 2.24) is 10.1 Å². The standard InChI is InChI=1S/C14H14F2N2O2/c1-2-3-12(19)8-14-17-13(18-20-14)6-9-4-10(15)7-11(16)5-9/h4-5,7H,2-3,6,8H2,1H3. The molecule has 4 nitrogen and oxygen atoms in total. The molecule has 2 rings (SSSR count).